The maximum Gasteiger partial charge on any atom is 0.174 e. The van der Waals surface area contributed by atoms with Crippen molar-refractivity contribution in [3.8, 4) is 0 Å². The summed E-state index contributed by atoms with van der Waals surface area (Å²) in [6.45, 7) is 4.21. The highest BCUT2D eigenvalue weighted by Crippen LogP contribution is 2.43. The number of thioether (sulfide) groups is 1. The van der Waals surface area contributed by atoms with Crippen molar-refractivity contribution in [2.75, 3.05) is 17.3 Å². The Morgan fingerprint density at radius 3 is 2.60 bits per heavy atom. The molecule has 0 atom stereocenters. The third-order valence-electron chi connectivity index (χ3n) is 4.03. The lowest BCUT2D eigenvalue weighted by Gasteiger charge is -2.27. The standard InChI is InChI=1S/C15H24N2OS2/c1-4-11(18)13-12(16)14(19-3)15(20-13)17-10-7-5-9(2)6-8-10/h9-10,17H,4-8,16H2,1-3H3. The minimum Gasteiger partial charge on any atom is -0.396 e. The van der Waals surface area contributed by atoms with Crippen LogP contribution in [0.15, 0.2) is 4.90 Å². The first kappa shape index (κ1) is 15.7. The van der Waals surface area contributed by atoms with Gasteiger partial charge in [-0.15, -0.1) is 23.1 Å². The van der Waals surface area contributed by atoms with Gasteiger partial charge in [-0.2, -0.15) is 0 Å². The second-order valence-electron chi connectivity index (χ2n) is 5.59. The number of rotatable bonds is 5. The molecule has 0 spiro atoms. The summed E-state index contributed by atoms with van der Waals surface area (Å²) in [5, 5.41) is 4.72. The number of hydrogen-bond donors (Lipinski definition) is 2. The quantitative estimate of drug-likeness (QED) is 0.614. The topological polar surface area (TPSA) is 55.1 Å². The number of nitrogen functional groups attached to an aromatic ring is 1. The highest BCUT2D eigenvalue weighted by molar-refractivity contribution is 7.99. The normalized spacial score (nSPS) is 22.8. The molecule has 1 aliphatic rings. The summed E-state index contributed by atoms with van der Waals surface area (Å²) in [4.78, 5) is 13.7. The van der Waals surface area contributed by atoms with E-state index in [4.69, 9.17) is 5.73 Å². The SMILES string of the molecule is CCC(=O)c1sc(NC2CCC(C)CC2)c(SC)c1N. The van der Waals surface area contributed by atoms with Crippen molar-refractivity contribution in [3.63, 3.8) is 0 Å². The van der Waals surface area contributed by atoms with Crippen LogP contribution in [0, 0.1) is 5.92 Å². The molecule has 0 aromatic carbocycles. The summed E-state index contributed by atoms with van der Waals surface area (Å²) in [6, 6.07) is 0.528. The molecular weight excluding hydrogens is 288 g/mol. The Morgan fingerprint density at radius 1 is 1.40 bits per heavy atom. The van der Waals surface area contributed by atoms with E-state index in [1.165, 1.54) is 37.0 Å². The average molecular weight is 313 g/mol. The number of hydrogen-bond acceptors (Lipinski definition) is 5. The fourth-order valence-corrected chi connectivity index (χ4v) is 4.79. The van der Waals surface area contributed by atoms with Crippen LogP contribution in [-0.4, -0.2) is 18.1 Å². The molecule has 0 bridgehead atoms. The molecule has 0 aliphatic heterocycles. The Hall–Kier alpha value is -0.680. The van der Waals surface area contributed by atoms with E-state index in [0.717, 1.165) is 20.7 Å². The van der Waals surface area contributed by atoms with Gasteiger partial charge in [-0.1, -0.05) is 13.8 Å². The number of nitrogens with one attached hydrogen (secondary N) is 1. The van der Waals surface area contributed by atoms with Crippen LogP contribution in [0.4, 0.5) is 10.7 Å². The zero-order valence-corrected chi connectivity index (χ0v) is 14.1. The monoisotopic (exact) mass is 312 g/mol. The molecule has 0 radical (unpaired) electrons. The number of carbonyl (C=O) groups excluding carboxylic acids is 1. The smallest absolute Gasteiger partial charge is 0.174 e. The first-order valence-corrected chi connectivity index (χ1v) is 9.36. The number of carbonyl (C=O) groups is 1. The molecule has 1 fully saturated rings. The maximum atomic E-state index is 11.9. The number of Topliss-reactive ketones (excluding diaryl/α,β-unsaturated/α-hetero) is 1. The molecule has 1 saturated carbocycles. The molecule has 3 nitrogen and oxygen atoms in total. The van der Waals surface area contributed by atoms with Gasteiger partial charge in [-0.25, -0.2) is 0 Å². The Morgan fingerprint density at radius 2 is 2.05 bits per heavy atom. The van der Waals surface area contributed by atoms with Crippen LogP contribution in [-0.2, 0) is 0 Å². The van der Waals surface area contributed by atoms with Gasteiger partial charge >= 0.3 is 0 Å². The van der Waals surface area contributed by atoms with Gasteiger partial charge in [0.25, 0.3) is 0 Å². The van der Waals surface area contributed by atoms with Gasteiger partial charge in [0.2, 0.25) is 0 Å². The van der Waals surface area contributed by atoms with Crippen molar-refractivity contribution in [2.24, 2.45) is 5.92 Å². The lowest BCUT2D eigenvalue weighted by atomic mass is 9.87. The molecular formula is C15H24N2OS2. The van der Waals surface area contributed by atoms with Gasteiger partial charge in [0.1, 0.15) is 5.00 Å². The zero-order valence-electron chi connectivity index (χ0n) is 12.5. The first-order valence-electron chi connectivity index (χ1n) is 7.32. The van der Waals surface area contributed by atoms with Crippen molar-refractivity contribution in [1.29, 1.82) is 0 Å². The number of ketones is 1. The van der Waals surface area contributed by atoms with Crippen molar-refractivity contribution in [2.45, 2.75) is 56.9 Å². The van der Waals surface area contributed by atoms with Crippen LogP contribution in [0.25, 0.3) is 0 Å². The van der Waals surface area contributed by atoms with Crippen molar-refractivity contribution >= 4 is 39.6 Å². The Labute approximate surface area is 129 Å². The molecule has 1 aromatic rings. The fraction of sp³-hybridized carbons (Fsp3) is 0.667. The van der Waals surface area contributed by atoms with Crippen LogP contribution in [0.2, 0.25) is 0 Å². The Kier molecular flexibility index (Phi) is 5.38. The molecule has 0 saturated heterocycles. The third kappa shape index (κ3) is 3.31. The van der Waals surface area contributed by atoms with E-state index < -0.39 is 0 Å². The highest BCUT2D eigenvalue weighted by atomic mass is 32.2. The zero-order chi connectivity index (χ0) is 14.7. The van der Waals surface area contributed by atoms with E-state index >= 15 is 0 Å². The molecule has 3 N–H and O–H groups in total. The second kappa shape index (κ2) is 6.85. The van der Waals surface area contributed by atoms with Crippen LogP contribution in [0.5, 0.6) is 0 Å². The number of anilines is 2. The van der Waals surface area contributed by atoms with Gasteiger partial charge in [0.15, 0.2) is 5.78 Å². The summed E-state index contributed by atoms with van der Waals surface area (Å²) in [5.74, 6) is 0.992. The van der Waals surface area contributed by atoms with Crippen LogP contribution in [0.1, 0.15) is 55.6 Å². The van der Waals surface area contributed by atoms with E-state index in [2.05, 4.69) is 12.2 Å². The summed E-state index contributed by atoms with van der Waals surface area (Å²) in [6.07, 6.45) is 7.53. The lowest BCUT2D eigenvalue weighted by molar-refractivity contribution is 0.0992. The molecule has 112 valence electrons. The Bertz CT molecular complexity index is 476. The third-order valence-corrected chi connectivity index (χ3v) is 6.17. The maximum absolute atomic E-state index is 11.9. The van der Waals surface area contributed by atoms with Crippen molar-refractivity contribution < 1.29 is 4.79 Å². The largest absolute Gasteiger partial charge is 0.396 e. The van der Waals surface area contributed by atoms with E-state index in [1.54, 1.807) is 11.8 Å². The minimum atomic E-state index is 0.146. The van der Waals surface area contributed by atoms with Gasteiger partial charge < -0.3 is 11.1 Å². The van der Waals surface area contributed by atoms with Crippen LogP contribution in [0.3, 0.4) is 0 Å². The highest BCUT2D eigenvalue weighted by Gasteiger charge is 2.23. The minimum absolute atomic E-state index is 0.146. The van der Waals surface area contributed by atoms with Gasteiger partial charge in [0.05, 0.1) is 15.5 Å². The van der Waals surface area contributed by atoms with Crippen molar-refractivity contribution in [1.82, 2.24) is 0 Å². The summed E-state index contributed by atoms with van der Waals surface area (Å²) < 4.78 is 0. The summed E-state index contributed by atoms with van der Waals surface area (Å²) in [7, 11) is 0. The van der Waals surface area contributed by atoms with E-state index in [-0.39, 0.29) is 5.78 Å². The molecule has 0 unspecified atom stereocenters. The van der Waals surface area contributed by atoms with Gasteiger partial charge in [0, 0.05) is 12.5 Å². The molecule has 0 amide bonds. The molecule has 20 heavy (non-hydrogen) atoms. The first-order chi connectivity index (χ1) is 9.56. The molecule has 1 aliphatic carbocycles. The molecule has 1 heterocycles. The molecule has 5 heteroatoms. The second-order valence-corrected chi connectivity index (χ2v) is 7.42. The van der Waals surface area contributed by atoms with Gasteiger partial charge in [-0.3, -0.25) is 4.79 Å². The van der Waals surface area contributed by atoms with Crippen molar-refractivity contribution in [3.05, 3.63) is 4.88 Å². The van der Waals surface area contributed by atoms with E-state index in [0.29, 0.717) is 18.2 Å². The lowest BCUT2D eigenvalue weighted by Crippen LogP contribution is -2.24. The average Bonchev–Trinajstić information content (AvgIpc) is 2.76. The number of thiophene rings is 1. The predicted molar refractivity (Wildman–Crippen MR) is 90.2 cm³/mol. The molecule has 1 aromatic heterocycles. The Balaban J connectivity index is 2.16. The van der Waals surface area contributed by atoms with Crippen LogP contribution < -0.4 is 11.1 Å². The van der Waals surface area contributed by atoms with Crippen LogP contribution >= 0.6 is 23.1 Å². The summed E-state index contributed by atoms with van der Waals surface area (Å²) in [5.41, 5.74) is 6.81. The van der Waals surface area contributed by atoms with E-state index in [1.807, 2.05) is 13.2 Å². The van der Waals surface area contributed by atoms with Gasteiger partial charge in [-0.05, 0) is 37.9 Å². The number of nitrogens with two attached hydrogens (primary N) is 1. The predicted octanol–water partition coefficient (Wildman–Crippen LogP) is 4.64. The fourth-order valence-electron chi connectivity index (χ4n) is 2.68. The summed E-state index contributed by atoms with van der Waals surface area (Å²) >= 11 is 3.16. The van der Waals surface area contributed by atoms with E-state index in [9.17, 15) is 4.79 Å². The molecule has 2 rings (SSSR count).